The summed E-state index contributed by atoms with van der Waals surface area (Å²) in [5.74, 6) is 0. The maximum atomic E-state index is 4.93. The Kier molecular flexibility index (Phi) is 3.41. The molecule has 0 fully saturated rings. The summed E-state index contributed by atoms with van der Waals surface area (Å²) in [5, 5.41) is 4.89. The Morgan fingerprint density at radius 3 is 1.62 bits per heavy atom. The molecule has 0 atom stereocenters. The number of fused-ring (bicyclic) bond motifs is 12. The molecule has 0 saturated heterocycles. The highest BCUT2D eigenvalue weighted by Crippen LogP contribution is 2.37. The molecule has 0 spiro atoms. The van der Waals surface area contributed by atoms with E-state index in [2.05, 4.69) is 102 Å². The zero-order valence-corrected chi connectivity index (χ0v) is 18.0. The van der Waals surface area contributed by atoms with E-state index in [1.165, 1.54) is 54.9 Å². The van der Waals surface area contributed by atoms with Crippen molar-refractivity contribution in [3.63, 3.8) is 0 Å². The maximum Gasteiger partial charge on any atom is 0.145 e. The van der Waals surface area contributed by atoms with Gasteiger partial charge in [0.25, 0.3) is 0 Å². The number of aromatic nitrogens is 3. The quantitative estimate of drug-likeness (QED) is 0.255. The Labute approximate surface area is 184 Å². The minimum atomic E-state index is 0.982. The molecule has 7 rings (SSSR count). The highest BCUT2D eigenvalue weighted by Gasteiger charge is 2.19. The number of pyridine rings is 1. The molecule has 0 amide bonds. The Balaban J connectivity index is 2.04. The van der Waals surface area contributed by atoms with Crippen molar-refractivity contribution in [3.8, 4) is 0 Å². The third-order valence-electron chi connectivity index (χ3n) is 6.91. The summed E-state index contributed by atoms with van der Waals surface area (Å²) in [5.41, 5.74) is 9.63. The van der Waals surface area contributed by atoms with Crippen LogP contribution < -0.4 is 0 Å². The maximum absolute atomic E-state index is 4.93. The lowest BCUT2D eigenvalue weighted by Crippen LogP contribution is -1.95. The molecule has 0 aliphatic rings. The molecule has 0 saturated carbocycles. The second-order valence-corrected chi connectivity index (χ2v) is 8.54. The van der Waals surface area contributed by atoms with E-state index in [-0.39, 0.29) is 0 Å². The Bertz CT molecular complexity index is 1760. The van der Waals surface area contributed by atoms with E-state index in [0.717, 1.165) is 11.0 Å². The van der Waals surface area contributed by atoms with Crippen LogP contribution >= 0.6 is 0 Å². The second kappa shape index (κ2) is 6.21. The van der Waals surface area contributed by atoms with Gasteiger partial charge in [-0.3, -0.25) is 4.40 Å². The molecule has 3 heteroatoms. The Hall–Kier alpha value is -4.11. The van der Waals surface area contributed by atoms with Crippen molar-refractivity contribution >= 4 is 54.8 Å². The molecular weight excluding hydrogens is 390 g/mol. The van der Waals surface area contributed by atoms with E-state index in [0.29, 0.717) is 0 Å². The van der Waals surface area contributed by atoms with Crippen molar-refractivity contribution in [1.82, 2.24) is 13.8 Å². The van der Waals surface area contributed by atoms with Gasteiger partial charge in [0, 0.05) is 27.7 Å². The lowest BCUT2D eigenvalue weighted by atomic mass is 10.1. The molecular formula is C29H21N3. The lowest BCUT2D eigenvalue weighted by molar-refractivity contribution is 1.23. The van der Waals surface area contributed by atoms with Crippen LogP contribution in [-0.2, 0) is 0 Å². The largest absolute Gasteiger partial charge is 0.307 e. The van der Waals surface area contributed by atoms with E-state index < -0.39 is 0 Å². The summed E-state index contributed by atoms with van der Waals surface area (Å²) in [7, 11) is 0. The molecule has 0 radical (unpaired) electrons. The van der Waals surface area contributed by atoms with Gasteiger partial charge < -0.3 is 4.40 Å². The van der Waals surface area contributed by atoms with Crippen LogP contribution in [0.5, 0.6) is 0 Å². The Morgan fingerprint density at radius 2 is 0.969 bits per heavy atom. The normalized spacial score (nSPS) is 12.1. The minimum Gasteiger partial charge on any atom is -0.307 e. The predicted octanol–water partition coefficient (Wildman–Crippen LogP) is 7.38. The summed E-state index contributed by atoms with van der Waals surface area (Å²) in [6.07, 6.45) is 1.90. The van der Waals surface area contributed by atoms with Gasteiger partial charge in [-0.15, -0.1) is 0 Å². The van der Waals surface area contributed by atoms with Crippen molar-refractivity contribution in [3.05, 3.63) is 102 Å². The van der Waals surface area contributed by atoms with Crippen LogP contribution in [0.25, 0.3) is 54.8 Å². The van der Waals surface area contributed by atoms with Gasteiger partial charge in [-0.1, -0.05) is 54.6 Å². The van der Waals surface area contributed by atoms with Crippen LogP contribution in [0.15, 0.2) is 91.1 Å². The molecule has 0 N–H and O–H groups in total. The van der Waals surface area contributed by atoms with Crippen molar-refractivity contribution in [1.29, 1.82) is 0 Å². The van der Waals surface area contributed by atoms with Gasteiger partial charge in [-0.25, -0.2) is 4.98 Å². The monoisotopic (exact) mass is 411 g/mol. The predicted molar refractivity (Wildman–Crippen MR) is 134 cm³/mol. The third-order valence-corrected chi connectivity index (χ3v) is 6.91. The van der Waals surface area contributed by atoms with Crippen LogP contribution in [0.2, 0.25) is 0 Å². The topological polar surface area (TPSA) is 21.7 Å². The van der Waals surface area contributed by atoms with E-state index in [9.17, 15) is 0 Å². The van der Waals surface area contributed by atoms with Crippen LogP contribution in [0.3, 0.4) is 0 Å². The fraction of sp³-hybridized carbons (Fsp3) is 0.0690. The van der Waals surface area contributed by atoms with Gasteiger partial charge >= 0.3 is 0 Å². The van der Waals surface area contributed by atoms with E-state index in [4.69, 9.17) is 4.98 Å². The smallest absolute Gasteiger partial charge is 0.145 e. The van der Waals surface area contributed by atoms with E-state index in [1.807, 2.05) is 12.3 Å². The second-order valence-electron chi connectivity index (χ2n) is 8.54. The van der Waals surface area contributed by atoms with Crippen molar-refractivity contribution in [2.45, 2.75) is 13.8 Å². The highest BCUT2D eigenvalue weighted by atomic mass is 15.0. The first-order valence-electron chi connectivity index (χ1n) is 11.0. The molecule has 4 aromatic heterocycles. The van der Waals surface area contributed by atoms with Gasteiger partial charge in [-0.2, -0.15) is 0 Å². The number of hydrogen-bond acceptors (Lipinski definition) is 1. The summed E-state index contributed by atoms with van der Waals surface area (Å²) in [6, 6.07) is 30.3. The average molecular weight is 412 g/mol. The summed E-state index contributed by atoms with van der Waals surface area (Å²) < 4.78 is 4.82. The summed E-state index contributed by atoms with van der Waals surface area (Å²) in [6.45, 7) is 4.49. The first-order chi connectivity index (χ1) is 15.8. The van der Waals surface area contributed by atoms with Gasteiger partial charge in [0.05, 0.1) is 27.6 Å². The average Bonchev–Trinajstić information content (AvgIpc) is 3.29. The number of para-hydroxylation sites is 3. The molecule has 4 heterocycles. The molecule has 0 aliphatic heterocycles. The number of hydrogen-bond donors (Lipinski definition) is 0. The van der Waals surface area contributed by atoms with Crippen LogP contribution in [-0.4, -0.2) is 13.8 Å². The Morgan fingerprint density at radius 1 is 0.500 bits per heavy atom. The zero-order valence-electron chi connectivity index (χ0n) is 18.0. The fourth-order valence-electron chi connectivity index (χ4n) is 5.52. The summed E-state index contributed by atoms with van der Waals surface area (Å²) >= 11 is 0. The fourth-order valence-corrected chi connectivity index (χ4v) is 5.52. The van der Waals surface area contributed by atoms with Crippen molar-refractivity contribution in [2.24, 2.45) is 0 Å². The standard InChI is InChI=1S/C29H21N3/c1-18-20-10-3-6-14-24(20)31-26-16-8-5-12-22(26)23-13-9-17-30-29(23)32-25-15-7-4-11-21(25)19(2)28(32)27(18)31/h3-17H,1-2H3. The first kappa shape index (κ1) is 17.6. The van der Waals surface area contributed by atoms with Crippen LogP contribution in [0, 0.1) is 13.8 Å². The van der Waals surface area contributed by atoms with Crippen LogP contribution in [0.1, 0.15) is 11.1 Å². The number of aryl methyl sites for hydroxylation is 2. The van der Waals surface area contributed by atoms with E-state index >= 15 is 0 Å². The molecule has 32 heavy (non-hydrogen) atoms. The molecule has 0 aliphatic carbocycles. The van der Waals surface area contributed by atoms with Gasteiger partial charge in [-0.05, 0) is 55.3 Å². The van der Waals surface area contributed by atoms with Gasteiger partial charge in [0.1, 0.15) is 5.65 Å². The van der Waals surface area contributed by atoms with Crippen LogP contribution in [0.4, 0.5) is 0 Å². The van der Waals surface area contributed by atoms with Gasteiger partial charge in [0.2, 0.25) is 0 Å². The van der Waals surface area contributed by atoms with Crippen molar-refractivity contribution < 1.29 is 0 Å². The highest BCUT2D eigenvalue weighted by molar-refractivity contribution is 6.12. The first-order valence-corrected chi connectivity index (χ1v) is 11.0. The molecule has 152 valence electrons. The van der Waals surface area contributed by atoms with Crippen molar-refractivity contribution in [2.75, 3.05) is 0 Å². The molecule has 3 aromatic carbocycles. The SMILES string of the molecule is Cc1c2ccccc2n2c3ccccc3c3cccnc3n3c4ccccc4c(C)c3c12. The zero-order chi connectivity index (χ0) is 21.4. The number of benzene rings is 3. The molecule has 0 bridgehead atoms. The van der Waals surface area contributed by atoms with E-state index in [1.54, 1.807) is 0 Å². The molecule has 7 aromatic rings. The summed E-state index contributed by atoms with van der Waals surface area (Å²) in [4.78, 5) is 4.93. The number of rotatable bonds is 0. The number of nitrogens with zero attached hydrogens (tertiary/aromatic N) is 3. The molecule has 3 nitrogen and oxygen atoms in total. The molecule has 0 unspecified atom stereocenters. The lowest BCUT2D eigenvalue weighted by Gasteiger charge is -2.10. The minimum absolute atomic E-state index is 0.982. The van der Waals surface area contributed by atoms with Gasteiger partial charge in [0.15, 0.2) is 0 Å². The third kappa shape index (κ3) is 2.08.